The van der Waals surface area contributed by atoms with Gasteiger partial charge >= 0.3 is 0 Å². The molecule has 0 unspecified atom stereocenters. The lowest BCUT2D eigenvalue weighted by Gasteiger charge is -2.18. The zero-order chi connectivity index (χ0) is 14.2. The number of aromatic nitrogens is 2. The van der Waals surface area contributed by atoms with Crippen molar-refractivity contribution in [3.8, 4) is 0 Å². The quantitative estimate of drug-likeness (QED) is 0.776. The van der Waals surface area contributed by atoms with Gasteiger partial charge in [0, 0.05) is 25.5 Å². The highest BCUT2D eigenvalue weighted by molar-refractivity contribution is 5.23. The molecule has 0 atom stereocenters. The molecule has 0 bridgehead atoms. The van der Waals surface area contributed by atoms with Crippen LogP contribution in [0.4, 0.5) is 0 Å². The van der Waals surface area contributed by atoms with E-state index in [2.05, 4.69) is 58.3 Å². The predicted molar refractivity (Wildman–Crippen MR) is 82.2 cm³/mol. The maximum atomic E-state index is 4.20. The van der Waals surface area contributed by atoms with Gasteiger partial charge in [-0.05, 0) is 24.2 Å². The Balaban J connectivity index is 1.85. The lowest BCUT2D eigenvalue weighted by molar-refractivity contribution is 0.296. The average Bonchev–Trinajstić information content (AvgIpc) is 2.98. The molecule has 0 saturated heterocycles. The van der Waals surface area contributed by atoms with Crippen molar-refractivity contribution in [1.82, 2.24) is 20.2 Å². The van der Waals surface area contributed by atoms with E-state index in [1.165, 1.54) is 11.1 Å². The number of benzene rings is 1. The fourth-order valence-corrected chi connectivity index (χ4v) is 2.26. The second-order valence-corrected chi connectivity index (χ2v) is 4.92. The second kappa shape index (κ2) is 7.82. The summed E-state index contributed by atoms with van der Waals surface area (Å²) >= 11 is 0. The van der Waals surface area contributed by atoms with Crippen molar-refractivity contribution in [3.05, 3.63) is 53.6 Å². The number of nitrogens with zero attached hydrogens (tertiary/aromatic N) is 2. The largest absolute Gasteiger partial charge is 0.348 e. The third-order valence-corrected chi connectivity index (χ3v) is 3.47. The van der Waals surface area contributed by atoms with E-state index in [1.54, 1.807) is 6.20 Å². The zero-order valence-electron chi connectivity index (χ0n) is 12.4. The molecule has 1 heterocycles. The molecule has 0 aliphatic carbocycles. The van der Waals surface area contributed by atoms with Crippen molar-refractivity contribution in [2.45, 2.75) is 33.5 Å². The maximum absolute atomic E-state index is 4.20. The van der Waals surface area contributed by atoms with E-state index >= 15 is 0 Å². The maximum Gasteiger partial charge on any atom is 0.120 e. The summed E-state index contributed by atoms with van der Waals surface area (Å²) in [5.74, 6) is 0.976. The number of rotatable bonds is 8. The highest BCUT2D eigenvalue weighted by Gasteiger charge is 2.02. The standard InChI is InChI=1S/C16H24N4/c1-3-20(4-2)13-15-7-5-6-14(10-15)11-17-12-16-18-8-9-19-16/h5-10,17H,3-4,11-13H2,1-2H3,(H,18,19). The predicted octanol–water partition coefficient (Wildman–Crippen LogP) is 2.54. The fraction of sp³-hybridized carbons (Fsp3) is 0.438. The van der Waals surface area contributed by atoms with Crippen molar-refractivity contribution < 1.29 is 0 Å². The molecule has 0 radical (unpaired) electrons. The molecule has 0 aliphatic heterocycles. The highest BCUT2D eigenvalue weighted by Crippen LogP contribution is 2.08. The molecule has 4 nitrogen and oxygen atoms in total. The minimum Gasteiger partial charge on any atom is -0.348 e. The van der Waals surface area contributed by atoms with Crippen molar-refractivity contribution in [2.24, 2.45) is 0 Å². The van der Waals surface area contributed by atoms with Crippen LogP contribution in [0.15, 0.2) is 36.7 Å². The number of imidazole rings is 1. The molecule has 2 N–H and O–H groups in total. The van der Waals surface area contributed by atoms with Crippen LogP contribution < -0.4 is 5.32 Å². The summed E-state index contributed by atoms with van der Waals surface area (Å²) in [6, 6.07) is 8.80. The van der Waals surface area contributed by atoms with Crippen LogP contribution in [0.3, 0.4) is 0 Å². The van der Waals surface area contributed by atoms with Crippen LogP contribution in [0.1, 0.15) is 30.8 Å². The second-order valence-electron chi connectivity index (χ2n) is 4.92. The van der Waals surface area contributed by atoms with Crippen LogP contribution in [-0.2, 0) is 19.6 Å². The molecule has 0 fully saturated rings. The van der Waals surface area contributed by atoms with Gasteiger partial charge in [-0.2, -0.15) is 0 Å². The molecule has 108 valence electrons. The van der Waals surface area contributed by atoms with Gasteiger partial charge in [-0.25, -0.2) is 4.98 Å². The molecule has 0 spiro atoms. The van der Waals surface area contributed by atoms with E-state index in [9.17, 15) is 0 Å². The summed E-state index contributed by atoms with van der Waals surface area (Å²) in [7, 11) is 0. The van der Waals surface area contributed by atoms with E-state index in [0.717, 1.165) is 38.5 Å². The van der Waals surface area contributed by atoms with Crippen LogP contribution in [0.2, 0.25) is 0 Å². The molecular weight excluding hydrogens is 248 g/mol. The van der Waals surface area contributed by atoms with Crippen molar-refractivity contribution in [3.63, 3.8) is 0 Å². The average molecular weight is 272 g/mol. The Morgan fingerprint density at radius 3 is 2.65 bits per heavy atom. The molecule has 1 aromatic carbocycles. The monoisotopic (exact) mass is 272 g/mol. The Hall–Kier alpha value is -1.65. The molecule has 0 saturated carbocycles. The van der Waals surface area contributed by atoms with Gasteiger partial charge in [0.05, 0.1) is 6.54 Å². The molecular formula is C16H24N4. The SMILES string of the molecule is CCN(CC)Cc1cccc(CNCc2ncc[nH]2)c1. The van der Waals surface area contributed by atoms with Gasteiger partial charge in [0.25, 0.3) is 0 Å². The lowest BCUT2D eigenvalue weighted by Crippen LogP contribution is -2.22. The van der Waals surface area contributed by atoms with Gasteiger partial charge in [0.1, 0.15) is 5.82 Å². The third kappa shape index (κ3) is 4.47. The van der Waals surface area contributed by atoms with E-state index in [1.807, 2.05) is 6.20 Å². The first-order valence-electron chi connectivity index (χ1n) is 7.31. The summed E-state index contributed by atoms with van der Waals surface area (Å²) in [5, 5.41) is 3.41. The third-order valence-electron chi connectivity index (χ3n) is 3.47. The van der Waals surface area contributed by atoms with Gasteiger partial charge < -0.3 is 10.3 Å². The van der Waals surface area contributed by atoms with Crippen LogP contribution in [0.25, 0.3) is 0 Å². The van der Waals surface area contributed by atoms with Crippen LogP contribution in [0, 0.1) is 0 Å². The first-order valence-corrected chi connectivity index (χ1v) is 7.31. The molecule has 1 aromatic heterocycles. The van der Waals surface area contributed by atoms with Gasteiger partial charge in [-0.15, -0.1) is 0 Å². The normalized spacial score (nSPS) is 11.2. The van der Waals surface area contributed by atoms with Crippen molar-refractivity contribution in [2.75, 3.05) is 13.1 Å². The first-order chi connectivity index (χ1) is 9.81. The Labute approximate surface area is 121 Å². The van der Waals surface area contributed by atoms with E-state index in [4.69, 9.17) is 0 Å². The summed E-state index contributed by atoms with van der Waals surface area (Å²) in [6.07, 6.45) is 3.63. The van der Waals surface area contributed by atoms with Gasteiger partial charge in [-0.1, -0.05) is 38.1 Å². The number of aromatic amines is 1. The smallest absolute Gasteiger partial charge is 0.120 e. The van der Waals surface area contributed by atoms with Crippen molar-refractivity contribution in [1.29, 1.82) is 0 Å². The van der Waals surface area contributed by atoms with Gasteiger partial charge in [-0.3, -0.25) is 4.90 Å². The summed E-state index contributed by atoms with van der Waals surface area (Å²) in [5.41, 5.74) is 2.70. The highest BCUT2D eigenvalue weighted by atomic mass is 15.1. The van der Waals surface area contributed by atoms with Crippen molar-refractivity contribution >= 4 is 0 Å². The van der Waals surface area contributed by atoms with E-state index in [-0.39, 0.29) is 0 Å². The summed E-state index contributed by atoms with van der Waals surface area (Å²) < 4.78 is 0. The van der Waals surface area contributed by atoms with Gasteiger partial charge in [0.15, 0.2) is 0 Å². The number of hydrogen-bond donors (Lipinski definition) is 2. The molecule has 2 aromatic rings. The Morgan fingerprint density at radius 2 is 1.95 bits per heavy atom. The summed E-state index contributed by atoms with van der Waals surface area (Å²) in [6.45, 7) is 9.27. The van der Waals surface area contributed by atoms with Crippen LogP contribution in [-0.4, -0.2) is 28.0 Å². The van der Waals surface area contributed by atoms with Gasteiger partial charge in [0.2, 0.25) is 0 Å². The van der Waals surface area contributed by atoms with E-state index < -0.39 is 0 Å². The lowest BCUT2D eigenvalue weighted by atomic mass is 10.1. The van der Waals surface area contributed by atoms with Crippen LogP contribution in [0.5, 0.6) is 0 Å². The minimum atomic E-state index is 0.771. The minimum absolute atomic E-state index is 0.771. The number of hydrogen-bond acceptors (Lipinski definition) is 3. The topological polar surface area (TPSA) is 44.0 Å². The fourth-order valence-electron chi connectivity index (χ4n) is 2.26. The van der Waals surface area contributed by atoms with E-state index in [0.29, 0.717) is 0 Å². The first kappa shape index (κ1) is 14.8. The number of H-pyrrole nitrogens is 1. The number of nitrogens with one attached hydrogen (secondary N) is 2. The Kier molecular flexibility index (Phi) is 5.77. The van der Waals surface area contributed by atoms with Crippen LogP contribution >= 0.6 is 0 Å². The molecule has 4 heteroatoms. The molecule has 2 rings (SSSR count). The Morgan fingerprint density at radius 1 is 1.15 bits per heavy atom. The molecule has 20 heavy (non-hydrogen) atoms. The molecule has 0 amide bonds. The Bertz CT molecular complexity index is 489. The molecule has 0 aliphatic rings. The zero-order valence-corrected chi connectivity index (χ0v) is 12.4. The summed E-state index contributed by atoms with van der Waals surface area (Å²) in [4.78, 5) is 9.72.